The second kappa shape index (κ2) is 10.8. The Bertz CT molecular complexity index is 1550. The Morgan fingerprint density at radius 3 is 2.25 bits per heavy atom. The van der Waals surface area contributed by atoms with E-state index in [1.807, 2.05) is 36.4 Å². The summed E-state index contributed by atoms with van der Waals surface area (Å²) in [5.41, 5.74) is 7.10. The molecule has 0 aliphatic rings. The minimum atomic E-state index is -0.198. The molecule has 0 fully saturated rings. The third-order valence-electron chi connectivity index (χ3n) is 6.17. The number of hydrogen-bond acceptors (Lipinski definition) is 4. The van der Waals surface area contributed by atoms with Crippen molar-refractivity contribution in [1.29, 1.82) is 0 Å². The first kappa shape index (κ1) is 23.9. The predicted molar refractivity (Wildman–Crippen MR) is 147 cm³/mol. The molecule has 0 saturated carbocycles. The summed E-state index contributed by atoms with van der Waals surface area (Å²) in [6.07, 6.45) is 1.65. The summed E-state index contributed by atoms with van der Waals surface area (Å²) in [5, 5.41) is 2.78. The van der Waals surface area contributed by atoms with E-state index in [-0.39, 0.29) is 21.3 Å². The molecule has 36 heavy (non-hydrogen) atoms. The fourth-order valence-corrected chi connectivity index (χ4v) is 6.72. The van der Waals surface area contributed by atoms with Gasteiger partial charge in [0.1, 0.15) is 0 Å². The van der Waals surface area contributed by atoms with Crippen molar-refractivity contribution in [2.75, 3.05) is 14.2 Å². The molecule has 2 aromatic heterocycles. The van der Waals surface area contributed by atoms with Crippen molar-refractivity contribution in [3.63, 3.8) is 0 Å². The Labute approximate surface area is 216 Å². The molecule has 0 bridgehead atoms. The summed E-state index contributed by atoms with van der Waals surface area (Å²) >= 11 is -0.198. The van der Waals surface area contributed by atoms with Crippen LogP contribution in [0.5, 0.6) is 11.5 Å². The first-order valence-electron chi connectivity index (χ1n) is 11.7. The van der Waals surface area contributed by atoms with Crippen LogP contribution in [0.1, 0.15) is 11.1 Å². The van der Waals surface area contributed by atoms with Gasteiger partial charge < -0.3 is 0 Å². The third kappa shape index (κ3) is 5.07. The van der Waals surface area contributed by atoms with Crippen LogP contribution in [0.15, 0.2) is 95.9 Å². The van der Waals surface area contributed by atoms with E-state index < -0.39 is 0 Å². The van der Waals surface area contributed by atoms with Crippen LogP contribution < -0.4 is 15.0 Å². The van der Waals surface area contributed by atoms with Crippen LogP contribution in [-0.2, 0) is 10.4 Å². The monoisotopic (exact) mass is 538 g/mol. The van der Waals surface area contributed by atoms with Gasteiger partial charge in [0.25, 0.3) is 0 Å². The van der Waals surface area contributed by atoms with Gasteiger partial charge in [0.05, 0.1) is 0 Å². The zero-order valence-corrected chi connectivity index (χ0v) is 22.3. The number of ether oxygens (including phenoxy) is 2. The maximum atomic E-state index is 12.4. The van der Waals surface area contributed by atoms with Crippen molar-refractivity contribution in [3.05, 3.63) is 113 Å². The molecule has 1 atom stereocenters. The molecule has 0 aliphatic heterocycles. The number of pyridine rings is 2. The molecule has 5 aromatic rings. The first-order chi connectivity index (χ1) is 17.7. The van der Waals surface area contributed by atoms with Gasteiger partial charge in [-0.25, -0.2) is 0 Å². The van der Waals surface area contributed by atoms with Crippen molar-refractivity contribution in [2.45, 2.75) is 10.4 Å². The van der Waals surface area contributed by atoms with Gasteiger partial charge in [-0.2, -0.15) is 0 Å². The van der Waals surface area contributed by atoms with Crippen molar-refractivity contribution < 1.29 is 9.47 Å². The summed E-state index contributed by atoms with van der Waals surface area (Å²) in [5.74, 6) is 1.55. The van der Waals surface area contributed by atoms with Crippen LogP contribution in [0.4, 0.5) is 0 Å². The zero-order chi connectivity index (χ0) is 24.9. The molecule has 0 spiro atoms. The topological polar surface area (TPSA) is 64.2 Å². The van der Waals surface area contributed by atoms with Crippen molar-refractivity contribution in [3.8, 4) is 33.9 Å². The molecule has 6 heteroatoms. The molecule has 0 amide bonds. The van der Waals surface area contributed by atoms with Crippen LogP contribution in [0, 0.1) is 0 Å². The van der Waals surface area contributed by atoms with Gasteiger partial charge in [0.2, 0.25) is 0 Å². The maximum absolute atomic E-state index is 12.4. The molecule has 5 rings (SSSR count). The van der Waals surface area contributed by atoms with Gasteiger partial charge in [0.15, 0.2) is 0 Å². The van der Waals surface area contributed by atoms with E-state index in [0.29, 0.717) is 10.9 Å². The number of fused-ring (bicyclic) bond motifs is 1. The number of benzene rings is 3. The molecular weight excluding hydrogens is 511 g/mol. The molecule has 5 nitrogen and oxygen atoms in total. The van der Waals surface area contributed by atoms with Gasteiger partial charge in [-0.1, -0.05) is 0 Å². The summed E-state index contributed by atoms with van der Waals surface area (Å²) < 4.78 is 10.8. The van der Waals surface area contributed by atoms with E-state index in [4.69, 9.17) is 14.5 Å². The summed E-state index contributed by atoms with van der Waals surface area (Å²) in [6, 6.07) is 28.8. The van der Waals surface area contributed by atoms with Gasteiger partial charge >= 0.3 is 217 Å². The number of aromatic nitrogens is 2. The number of rotatable bonds is 8. The second-order valence-electron chi connectivity index (χ2n) is 8.48. The van der Waals surface area contributed by atoms with E-state index in [1.165, 1.54) is 11.1 Å². The fourth-order valence-electron chi connectivity index (χ4n) is 4.29. The Morgan fingerprint density at radius 1 is 0.778 bits per heavy atom. The van der Waals surface area contributed by atoms with E-state index >= 15 is 0 Å². The SMILES string of the molecule is COc1ccc(C[AsH]Cc2ccc(-c3nc4cc[nH]c(=O)c4cc3-c3ccccc3)cc2)cc1OC. The summed E-state index contributed by atoms with van der Waals surface area (Å²) in [4.78, 5) is 20.1. The van der Waals surface area contributed by atoms with Crippen LogP contribution in [0.3, 0.4) is 0 Å². The Balaban J connectivity index is 1.38. The second-order valence-corrected chi connectivity index (χ2v) is 11.0. The van der Waals surface area contributed by atoms with E-state index in [2.05, 4.69) is 53.5 Å². The number of nitrogens with one attached hydrogen (secondary N) is 1. The normalized spacial score (nSPS) is 11.3. The minimum absolute atomic E-state index is 0.127. The Kier molecular flexibility index (Phi) is 7.20. The number of methoxy groups -OCH3 is 2. The molecule has 3 aromatic carbocycles. The standard InChI is InChI=1S/C30H27AsN2O3/c1-35-27-13-10-21(16-28(27)36-2)19-31-18-20-8-11-23(12-9-20)29-24(22-6-4-3-5-7-22)17-25-26(33-29)14-15-32-30(25)34/h3-17,31H,18-19H2,1-2H3,(H,32,34). The number of nitrogens with zero attached hydrogens (tertiary/aromatic N) is 1. The first-order valence-corrected chi connectivity index (χ1v) is 14.7. The molecular formula is C30H27AsN2O3. The van der Waals surface area contributed by atoms with Gasteiger partial charge in [0, 0.05) is 0 Å². The molecule has 1 N–H and O–H groups in total. The molecule has 0 radical (unpaired) electrons. The number of H-pyrrole nitrogens is 1. The van der Waals surface area contributed by atoms with Crippen molar-refractivity contribution >= 4 is 26.7 Å². The zero-order valence-electron chi connectivity index (χ0n) is 20.2. The van der Waals surface area contributed by atoms with E-state index in [1.54, 1.807) is 20.4 Å². The molecule has 2 heterocycles. The van der Waals surface area contributed by atoms with Crippen molar-refractivity contribution in [1.82, 2.24) is 9.97 Å². The fraction of sp³-hybridized carbons (Fsp3) is 0.133. The third-order valence-corrected chi connectivity index (χ3v) is 8.93. The van der Waals surface area contributed by atoms with Crippen LogP contribution in [0.2, 0.25) is 0 Å². The van der Waals surface area contributed by atoms with E-state index in [0.717, 1.165) is 44.3 Å². The number of aromatic amines is 1. The molecule has 0 aliphatic carbocycles. The Morgan fingerprint density at radius 2 is 1.50 bits per heavy atom. The predicted octanol–water partition coefficient (Wildman–Crippen LogP) is 5.41. The van der Waals surface area contributed by atoms with Crippen molar-refractivity contribution in [2.24, 2.45) is 0 Å². The van der Waals surface area contributed by atoms with Gasteiger partial charge in [-0.3, -0.25) is 0 Å². The Hall–Kier alpha value is -3.82. The van der Waals surface area contributed by atoms with Crippen LogP contribution >= 0.6 is 0 Å². The van der Waals surface area contributed by atoms with Gasteiger partial charge in [-0.15, -0.1) is 0 Å². The summed E-state index contributed by atoms with van der Waals surface area (Å²) in [7, 11) is 3.33. The number of hydrogen-bond donors (Lipinski definition) is 1. The average Bonchev–Trinajstić information content (AvgIpc) is 2.93. The summed E-state index contributed by atoms with van der Waals surface area (Å²) in [6.45, 7) is 0. The van der Waals surface area contributed by atoms with E-state index in [9.17, 15) is 4.79 Å². The molecule has 0 saturated heterocycles. The van der Waals surface area contributed by atoms with Crippen LogP contribution in [-0.4, -0.2) is 39.9 Å². The molecule has 180 valence electrons. The molecule has 1 unspecified atom stereocenters. The average molecular weight is 538 g/mol. The van der Waals surface area contributed by atoms with Gasteiger partial charge in [-0.05, 0) is 0 Å². The van der Waals surface area contributed by atoms with Crippen LogP contribution in [0.25, 0.3) is 33.3 Å². The quantitative estimate of drug-likeness (QED) is 0.269.